The first kappa shape index (κ1) is 18.0. The van der Waals surface area contributed by atoms with E-state index in [0.717, 1.165) is 55.3 Å². The van der Waals surface area contributed by atoms with Gasteiger partial charge >= 0.3 is 0 Å². The Labute approximate surface area is 154 Å². The van der Waals surface area contributed by atoms with Gasteiger partial charge in [0.1, 0.15) is 0 Å². The molecule has 0 saturated carbocycles. The highest BCUT2D eigenvalue weighted by Gasteiger charge is 2.19. The van der Waals surface area contributed by atoms with E-state index in [1.807, 2.05) is 18.2 Å². The van der Waals surface area contributed by atoms with Gasteiger partial charge in [0, 0.05) is 31.1 Å². The molecule has 1 N–H and O–H groups in total. The van der Waals surface area contributed by atoms with Gasteiger partial charge in [0.05, 0.1) is 16.3 Å². The molecular weight excluding hydrogens is 330 g/mol. The average molecular weight is 358 g/mol. The van der Waals surface area contributed by atoms with Crippen molar-refractivity contribution in [1.29, 1.82) is 0 Å². The van der Waals surface area contributed by atoms with Crippen molar-refractivity contribution in [2.75, 3.05) is 43.4 Å². The Kier molecular flexibility index (Phi) is 5.76. The zero-order valence-corrected chi connectivity index (χ0v) is 16.2. The molecule has 0 bridgehead atoms. The molecule has 0 radical (unpaired) electrons. The van der Waals surface area contributed by atoms with Crippen LogP contribution in [0, 0.1) is 6.92 Å². The van der Waals surface area contributed by atoms with Crippen molar-refractivity contribution in [3.05, 3.63) is 45.6 Å². The van der Waals surface area contributed by atoms with E-state index in [1.165, 1.54) is 10.4 Å². The fraction of sp³-hybridized carbons (Fsp3) is 0.450. The molecule has 3 rings (SSSR count). The summed E-state index contributed by atoms with van der Waals surface area (Å²) in [6.07, 6.45) is 2.14. The Morgan fingerprint density at radius 3 is 2.64 bits per heavy atom. The van der Waals surface area contributed by atoms with E-state index in [4.69, 9.17) is 0 Å². The van der Waals surface area contributed by atoms with Crippen LogP contribution in [0.5, 0.6) is 0 Å². The molecule has 0 spiro atoms. The normalized spacial score (nSPS) is 15.4. The van der Waals surface area contributed by atoms with Crippen molar-refractivity contribution >= 4 is 28.6 Å². The second kappa shape index (κ2) is 8.02. The number of benzene rings is 1. The number of rotatable bonds is 5. The fourth-order valence-corrected chi connectivity index (χ4v) is 4.20. The van der Waals surface area contributed by atoms with Crippen molar-refractivity contribution in [1.82, 2.24) is 4.90 Å². The molecular formula is C20H27N3OS. The summed E-state index contributed by atoms with van der Waals surface area (Å²) in [5, 5.41) is 3.13. The van der Waals surface area contributed by atoms with Crippen molar-refractivity contribution in [3.8, 4) is 0 Å². The lowest BCUT2D eigenvalue weighted by atomic mass is 10.1. The Hall–Kier alpha value is -1.85. The van der Waals surface area contributed by atoms with Crippen LogP contribution in [0.4, 0.5) is 11.4 Å². The van der Waals surface area contributed by atoms with Crippen molar-refractivity contribution in [2.24, 2.45) is 0 Å². The van der Waals surface area contributed by atoms with Crippen LogP contribution in [0.3, 0.4) is 0 Å². The molecule has 0 unspecified atom stereocenters. The minimum absolute atomic E-state index is 0.00275. The molecule has 1 aliphatic heterocycles. The molecule has 0 atom stereocenters. The number of hydrogen-bond donors (Lipinski definition) is 1. The van der Waals surface area contributed by atoms with Gasteiger partial charge in [-0.2, -0.15) is 0 Å². The predicted octanol–water partition coefficient (Wildman–Crippen LogP) is 4.01. The molecule has 1 amide bonds. The lowest BCUT2D eigenvalue weighted by Crippen LogP contribution is -2.44. The van der Waals surface area contributed by atoms with Gasteiger partial charge < -0.3 is 15.1 Å². The average Bonchev–Trinajstić information content (AvgIpc) is 2.98. The molecule has 1 saturated heterocycles. The Morgan fingerprint density at radius 2 is 1.92 bits per heavy atom. The lowest BCUT2D eigenvalue weighted by Gasteiger charge is -2.35. The standard InChI is InChI=1S/C20H27N3OS/c1-4-7-16-14-19(25-15(16)2)20(24)21-17-8-5-6-9-18(17)23-12-10-22(3)11-13-23/h5-6,8-9,14H,4,7,10-13H2,1-3H3,(H,21,24). The smallest absolute Gasteiger partial charge is 0.265 e. The van der Waals surface area contributed by atoms with Crippen LogP contribution in [-0.2, 0) is 6.42 Å². The first-order valence-corrected chi connectivity index (χ1v) is 9.83. The van der Waals surface area contributed by atoms with Gasteiger partial charge in [0.15, 0.2) is 0 Å². The van der Waals surface area contributed by atoms with Crippen LogP contribution < -0.4 is 10.2 Å². The number of likely N-dealkylation sites (N-methyl/N-ethyl adjacent to an activating group) is 1. The number of thiophene rings is 1. The maximum absolute atomic E-state index is 12.7. The largest absolute Gasteiger partial charge is 0.367 e. The van der Waals surface area contributed by atoms with Gasteiger partial charge in [0.2, 0.25) is 0 Å². The monoisotopic (exact) mass is 357 g/mol. The number of anilines is 2. The summed E-state index contributed by atoms with van der Waals surface area (Å²) in [6, 6.07) is 10.2. The molecule has 5 heteroatoms. The van der Waals surface area contributed by atoms with Gasteiger partial charge in [0.25, 0.3) is 5.91 Å². The van der Waals surface area contributed by atoms with Gasteiger partial charge in [-0.15, -0.1) is 11.3 Å². The van der Waals surface area contributed by atoms with Crippen molar-refractivity contribution in [3.63, 3.8) is 0 Å². The third kappa shape index (κ3) is 4.22. The Bertz CT molecular complexity index is 732. The molecule has 0 aliphatic carbocycles. The second-order valence-electron chi connectivity index (χ2n) is 6.70. The Balaban J connectivity index is 1.76. The van der Waals surface area contributed by atoms with E-state index in [9.17, 15) is 4.79 Å². The summed E-state index contributed by atoms with van der Waals surface area (Å²) >= 11 is 1.59. The van der Waals surface area contributed by atoms with Gasteiger partial charge in [-0.05, 0) is 44.2 Å². The highest BCUT2D eigenvalue weighted by molar-refractivity contribution is 7.14. The number of nitrogens with zero attached hydrogens (tertiary/aromatic N) is 2. The van der Waals surface area contributed by atoms with E-state index in [1.54, 1.807) is 11.3 Å². The second-order valence-corrected chi connectivity index (χ2v) is 7.96. The molecule has 134 valence electrons. The quantitative estimate of drug-likeness (QED) is 0.878. The summed E-state index contributed by atoms with van der Waals surface area (Å²) in [6.45, 7) is 8.34. The van der Waals surface area contributed by atoms with Crippen molar-refractivity contribution in [2.45, 2.75) is 26.7 Å². The third-order valence-electron chi connectivity index (χ3n) is 4.76. The summed E-state index contributed by atoms with van der Waals surface area (Å²) in [5.74, 6) is -0.00275. The minimum atomic E-state index is -0.00275. The number of piperazine rings is 1. The minimum Gasteiger partial charge on any atom is -0.367 e. The topological polar surface area (TPSA) is 35.6 Å². The summed E-state index contributed by atoms with van der Waals surface area (Å²) in [7, 11) is 2.15. The molecule has 25 heavy (non-hydrogen) atoms. The molecule has 2 heterocycles. The van der Waals surface area contributed by atoms with Gasteiger partial charge in [-0.25, -0.2) is 0 Å². The van der Waals surface area contributed by atoms with Crippen molar-refractivity contribution < 1.29 is 4.79 Å². The highest BCUT2D eigenvalue weighted by atomic mass is 32.1. The van der Waals surface area contributed by atoms with Crippen LogP contribution in [0.25, 0.3) is 0 Å². The van der Waals surface area contributed by atoms with Gasteiger partial charge in [-0.3, -0.25) is 4.79 Å². The van der Waals surface area contributed by atoms with E-state index in [2.05, 4.69) is 48.1 Å². The third-order valence-corrected chi connectivity index (χ3v) is 5.85. The Morgan fingerprint density at radius 1 is 1.20 bits per heavy atom. The van der Waals surface area contributed by atoms with Crippen LogP contribution in [-0.4, -0.2) is 44.0 Å². The van der Waals surface area contributed by atoms with E-state index < -0.39 is 0 Å². The molecule has 1 aromatic carbocycles. The predicted molar refractivity (Wildman–Crippen MR) is 107 cm³/mol. The summed E-state index contributed by atoms with van der Waals surface area (Å²) in [5.41, 5.74) is 3.32. The SMILES string of the molecule is CCCc1cc(C(=O)Nc2ccccc2N2CCN(C)CC2)sc1C. The number of aryl methyl sites for hydroxylation is 2. The van der Waals surface area contributed by atoms with Gasteiger partial charge in [-0.1, -0.05) is 25.5 Å². The summed E-state index contributed by atoms with van der Waals surface area (Å²) < 4.78 is 0. The first-order chi connectivity index (χ1) is 12.1. The first-order valence-electron chi connectivity index (χ1n) is 9.01. The molecule has 1 aromatic heterocycles. The zero-order chi connectivity index (χ0) is 17.8. The zero-order valence-electron chi connectivity index (χ0n) is 15.3. The number of para-hydroxylation sites is 2. The van der Waals surface area contributed by atoms with E-state index in [0.29, 0.717) is 0 Å². The summed E-state index contributed by atoms with van der Waals surface area (Å²) in [4.78, 5) is 19.5. The number of amides is 1. The lowest BCUT2D eigenvalue weighted by molar-refractivity contribution is 0.103. The van der Waals surface area contributed by atoms with E-state index in [-0.39, 0.29) is 5.91 Å². The van der Waals surface area contributed by atoms with Crippen LogP contribution in [0.2, 0.25) is 0 Å². The van der Waals surface area contributed by atoms with E-state index >= 15 is 0 Å². The van der Waals surface area contributed by atoms with Crippen LogP contribution >= 0.6 is 11.3 Å². The number of nitrogens with one attached hydrogen (secondary N) is 1. The maximum atomic E-state index is 12.7. The fourth-order valence-electron chi connectivity index (χ4n) is 3.24. The highest BCUT2D eigenvalue weighted by Crippen LogP contribution is 2.29. The number of hydrogen-bond acceptors (Lipinski definition) is 4. The number of carbonyl (C=O) groups excluding carboxylic acids is 1. The van der Waals surface area contributed by atoms with Crippen LogP contribution in [0.1, 0.15) is 33.5 Å². The molecule has 4 nitrogen and oxygen atoms in total. The number of carbonyl (C=O) groups is 1. The molecule has 1 fully saturated rings. The maximum Gasteiger partial charge on any atom is 0.265 e. The molecule has 1 aliphatic rings. The van der Waals surface area contributed by atoms with Crippen LogP contribution in [0.15, 0.2) is 30.3 Å². The molecule has 2 aromatic rings.